The fourth-order valence-electron chi connectivity index (χ4n) is 3.18. The molecule has 9 nitrogen and oxygen atoms in total. The van der Waals surface area contributed by atoms with Crippen molar-refractivity contribution in [1.82, 2.24) is 19.9 Å². The van der Waals surface area contributed by atoms with Crippen molar-refractivity contribution in [3.05, 3.63) is 57.1 Å². The van der Waals surface area contributed by atoms with E-state index >= 15 is 0 Å². The third-order valence-electron chi connectivity index (χ3n) is 5.09. The van der Waals surface area contributed by atoms with Crippen LogP contribution in [0.2, 0.25) is 0 Å². The fraction of sp³-hybridized carbons (Fsp3) is 0.304. The monoisotopic (exact) mass is 528 g/mol. The summed E-state index contributed by atoms with van der Waals surface area (Å²) in [4.78, 5) is 34.4. The minimum Gasteiger partial charge on any atom is -0.870 e. The Hall–Kier alpha value is -2.28. The van der Waals surface area contributed by atoms with Gasteiger partial charge in [-0.25, -0.2) is 0 Å². The predicted molar refractivity (Wildman–Crippen MR) is 137 cm³/mol. The number of aromatic amines is 4. The Morgan fingerprint density at radius 1 is 0.857 bits per heavy atom. The normalized spacial score (nSPS) is 11.6. The Kier molecular flexibility index (Phi) is 13.4. The summed E-state index contributed by atoms with van der Waals surface area (Å²) in [5.74, 6) is -1.81. The van der Waals surface area contributed by atoms with Crippen molar-refractivity contribution in [2.75, 3.05) is 6.61 Å². The van der Waals surface area contributed by atoms with E-state index in [9.17, 15) is 9.59 Å². The second kappa shape index (κ2) is 14.3. The van der Waals surface area contributed by atoms with Gasteiger partial charge in [-0.05, 0) is 80.6 Å². The van der Waals surface area contributed by atoms with Gasteiger partial charge >= 0.3 is 41.5 Å². The minimum atomic E-state index is -0.830. The second-order valence-corrected chi connectivity index (χ2v) is 8.12. The number of carbonyl (C=O) groups is 2. The molecule has 0 bridgehead atoms. The number of imidazole rings is 2. The number of fused-ring (bicyclic) bond motifs is 2. The van der Waals surface area contributed by atoms with E-state index in [2.05, 4.69) is 19.9 Å². The standard InChI is InChI=1S/C12H14N2O2S.C10H10N2O2S.CH4.Na.H2O/c1-3-16-11(15)7(2)8-4-5-9-10(6-8)14-12(17)13-9;1-5(9(13)14)6-2-3-7-8(4-6)12-10(15)11-7;;;/h4-7H,3H2,1-2H3,(H2,13,14,17);2-5H,1H3,(H,13,14)(H2,11,12,15);1H4;;1H2/q;;;+1;/p-1. The molecule has 0 aliphatic carbocycles. The van der Waals surface area contributed by atoms with E-state index < -0.39 is 11.9 Å². The maximum absolute atomic E-state index is 11.6. The number of hydrogen-bond acceptors (Lipinski definition) is 6. The molecule has 0 fully saturated rings. The van der Waals surface area contributed by atoms with Crippen molar-refractivity contribution in [2.45, 2.75) is 40.0 Å². The Bertz CT molecular complexity index is 1390. The molecule has 0 amide bonds. The molecule has 0 radical (unpaired) electrons. The van der Waals surface area contributed by atoms with Gasteiger partial charge in [0.2, 0.25) is 0 Å². The minimum absolute atomic E-state index is 0. The molecule has 2 unspecified atom stereocenters. The maximum Gasteiger partial charge on any atom is 1.00 e. The number of aliphatic carboxylic acids is 1. The number of nitrogens with one attached hydrogen (secondary N) is 4. The number of carboxylic acid groups (broad SMARTS) is 1. The Morgan fingerprint density at radius 3 is 1.66 bits per heavy atom. The SMILES string of the molecule is C.CC(C(=O)O)c1ccc2[nH]c(=S)[nH]c2c1.CCOC(=O)C(C)c1ccc2[nH]c(=S)[nH]c2c1.[Na+].[OH-]. The number of ether oxygens (including phenoxy) is 1. The number of rotatable bonds is 5. The average Bonchev–Trinajstić information content (AvgIpc) is 3.32. The van der Waals surface area contributed by atoms with Crippen LogP contribution in [0, 0.1) is 9.54 Å². The summed E-state index contributed by atoms with van der Waals surface area (Å²) in [7, 11) is 0. The number of carbonyl (C=O) groups excluding carboxylic acids is 1. The topological polar surface area (TPSA) is 157 Å². The summed E-state index contributed by atoms with van der Waals surface area (Å²) in [6.07, 6.45) is 0. The molecule has 0 aliphatic heterocycles. The summed E-state index contributed by atoms with van der Waals surface area (Å²) in [5.41, 5.74) is 5.26. The van der Waals surface area contributed by atoms with Crippen LogP contribution in [0.1, 0.15) is 51.2 Å². The summed E-state index contributed by atoms with van der Waals surface area (Å²) >= 11 is 9.96. The van der Waals surface area contributed by atoms with E-state index in [0.29, 0.717) is 16.1 Å². The van der Waals surface area contributed by atoms with Crippen LogP contribution in [0.15, 0.2) is 36.4 Å². The molecule has 2 heterocycles. The number of hydrogen-bond donors (Lipinski definition) is 5. The first-order chi connectivity index (χ1) is 15.2. The van der Waals surface area contributed by atoms with Gasteiger partial charge in [-0.3, -0.25) is 9.59 Å². The molecular formula is C23H29N4NaO5S2. The van der Waals surface area contributed by atoms with Gasteiger partial charge in [0.1, 0.15) is 0 Å². The molecule has 12 heteroatoms. The molecule has 184 valence electrons. The Morgan fingerprint density at radius 2 is 1.26 bits per heavy atom. The van der Waals surface area contributed by atoms with E-state index in [4.69, 9.17) is 34.3 Å². The first kappa shape index (κ1) is 32.7. The Balaban J connectivity index is 0.000000612. The largest absolute Gasteiger partial charge is 1.00 e. The Labute approximate surface area is 235 Å². The maximum atomic E-state index is 11.6. The van der Waals surface area contributed by atoms with Gasteiger partial charge in [0, 0.05) is 0 Å². The van der Waals surface area contributed by atoms with Crippen LogP contribution in [0.3, 0.4) is 0 Å². The average molecular weight is 529 g/mol. The van der Waals surface area contributed by atoms with Gasteiger partial charge in [0.05, 0.1) is 40.5 Å². The zero-order chi connectivity index (χ0) is 23.4. The van der Waals surface area contributed by atoms with Gasteiger partial charge in [0.15, 0.2) is 9.54 Å². The van der Waals surface area contributed by atoms with Crippen LogP contribution in [-0.4, -0.2) is 49.1 Å². The molecule has 4 aromatic rings. The van der Waals surface area contributed by atoms with Crippen LogP contribution >= 0.6 is 24.4 Å². The van der Waals surface area contributed by atoms with Crippen LogP contribution < -0.4 is 29.6 Å². The first-order valence-corrected chi connectivity index (χ1v) is 10.8. The molecule has 0 saturated heterocycles. The fourth-order valence-corrected chi connectivity index (χ4v) is 3.62. The molecule has 0 spiro atoms. The zero-order valence-corrected chi connectivity index (χ0v) is 22.9. The number of carboxylic acids is 1. The first-order valence-electron chi connectivity index (χ1n) is 10.0. The number of aromatic nitrogens is 4. The zero-order valence-electron chi connectivity index (χ0n) is 19.3. The van der Waals surface area contributed by atoms with Gasteiger partial charge in [-0.1, -0.05) is 19.6 Å². The molecule has 35 heavy (non-hydrogen) atoms. The van der Waals surface area contributed by atoms with Crippen molar-refractivity contribution in [3.63, 3.8) is 0 Å². The summed E-state index contributed by atoms with van der Waals surface area (Å²) in [6, 6.07) is 11.2. The molecule has 0 aliphatic rings. The summed E-state index contributed by atoms with van der Waals surface area (Å²) in [6.45, 7) is 5.69. The van der Waals surface area contributed by atoms with Crippen molar-refractivity contribution in [2.24, 2.45) is 0 Å². The smallest absolute Gasteiger partial charge is 0.870 e. The van der Waals surface area contributed by atoms with Crippen molar-refractivity contribution >= 4 is 58.4 Å². The third-order valence-corrected chi connectivity index (χ3v) is 5.50. The predicted octanol–water partition coefficient (Wildman–Crippen LogP) is 2.77. The number of H-pyrrole nitrogens is 4. The van der Waals surface area contributed by atoms with Crippen LogP contribution in [0.5, 0.6) is 0 Å². The van der Waals surface area contributed by atoms with Crippen LogP contribution in [0.25, 0.3) is 22.1 Å². The van der Waals surface area contributed by atoms with Crippen molar-refractivity contribution < 1.29 is 54.5 Å². The van der Waals surface area contributed by atoms with Gasteiger partial charge in [-0.15, -0.1) is 0 Å². The molecule has 2 aromatic heterocycles. The molecule has 2 atom stereocenters. The summed E-state index contributed by atoms with van der Waals surface area (Å²) in [5, 5.41) is 8.87. The van der Waals surface area contributed by atoms with Crippen molar-refractivity contribution in [1.29, 1.82) is 0 Å². The van der Waals surface area contributed by atoms with E-state index in [-0.39, 0.29) is 54.3 Å². The van der Waals surface area contributed by atoms with Crippen LogP contribution in [0.4, 0.5) is 0 Å². The summed E-state index contributed by atoms with van der Waals surface area (Å²) < 4.78 is 6.13. The molecule has 6 N–H and O–H groups in total. The molecular weight excluding hydrogens is 499 g/mol. The van der Waals surface area contributed by atoms with Gasteiger partial charge in [0.25, 0.3) is 0 Å². The van der Waals surface area contributed by atoms with Gasteiger partial charge in [-0.2, -0.15) is 0 Å². The molecule has 0 saturated carbocycles. The molecule has 2 aromatic carbocycles. The quantitative estimate of drug-likeness (QED) is 0.151. The second-order valence-electron chi connectivity index (χ2n) is 7.30. The van der Waals surface area contributed by atoms with E-state index in [1.807, 2.05) is 31.2 Å². The van der Waals surface area contributed by atoms with E-state index in [1.165, 1.54) is 0 Å². The molecule has 4 rings (SSSR count). The van der Waals surface area contributed by atoms with E-state index in [1.54, 1.807) is 26.0 Å². The number of benzene rings is 2. The van der Waals surface area contributed by atoms with Gasteiger partial charge < -0.3 is 35.3 Å². The van der Waals surface area contributed by atoms with Crippen molar-refractivity contribution in [3.8, 4) is 0 Å². The third kappa shape index (κ3) is 8.13. The van der Waals surface area contributed by atoms with Crippen LogP contribution in [-0.2, 0) is 14.3 Å². The van der Waals surface area contributed by atoms with E-state index in [0.717, 1.165) is 33.2 Å². The number of esters is 1.